The highest BCUT2D eigenvalue weighted by Crippen LogP contribution is 2.69. The van der Waals surface area contributed by atoms with Crippen molar-refractivity contribution in [2.45, 2.75) is 426 Å². The molecule has 5 spiro atoms. The second-order valence-electron chi connectivity index (χ2n) is 45.8. The van der Waals surface area contributed by atoms with Crippen LogP contribution in [0.5, 0.6) is 0 Å². The van der Waals surface area contributed by atoms with Gasteiger partial charge in [-0.25, -0.2) is 72.8 Å². The highest BCUT2D eigenvalue weighted by atomic mass is 32.2. The number of hydrogen-bond acceptors (Lipinski definition) is 39. The Labute approximate surface area is 868 Å². The lowest BCUT2D eigenvalue weighted by atomic mass is 9.58. The summed E-state index contributed by atoms with van der Waals surface area (Å²) in [5.41, 5.74) is -3.18. The molecule has 25 fully saturated rings. The third-order valence-corrected chi connectivity index (χ3v) is 43.4. The molecule has 800 valence electrons. The third kappa shape index (κ3) is 22.2. The van der Waals surface area contributed by atoms with E-state index in [-0.39, 0.29) is 131 Å². The Morgan fingerprint density at radius 1 is 0.321 bits per heavy atom. The van der Waals surface area contributed by atoms with Crippen LogP contribution in [0, 0.1) is 118 Å². The first kappa shape index (κ1) is 112. The van der Waals surface area contributed by atoms with Gasteiger partial charge in [-0.1, -0.05) is 156 Å². The summed E-state index contributed by atoms with van der Waals surface area (Å²) >= 11 is 12.3. The van der Waals surface area contributed by atoms with Gasteiger partial charge >= 0.3 is 27.3 Å². The monoisotopic (exact) mass is 2140 g/mol. The van der Waals surface area contributed by atoms with E-state index in [4.69, 9.17) is 120 Å². The molecule has 20 aliphatic heterocycles. The maximum atomic E-state index is 12.6. The topological polar surface area (TPSA) is 319 Å². The molecule has 0 N–H and O–H groups in total. The maximum absolute atomic E-state index is 12.6. The summed E-state index contributed by atoms with van der Waals surface area (Å²) in [6, 6.07) is 0.187. The predicted octanol–water partition coefficient (Wildman–Crippen LogP) is 24.6. The fraction of sp³-hybridized carbons (Fsp3) is 0.950. The Hall–Kier alpha value is -0.500. The third-order valence-electron chi connectivity index (χ3n) is 35.0. The second kappa shape index (κ2) is 45.3. The predicted molar refractivity (Wildman–Crippen MR) is 538 cm³/mol. The molecule has 25 rings (SSSR count). The maximum Gasteiger partial charge on any atom is 0.411 e. The highest BCUT2D eigenvalue weighted by molar-refractivity contribution is 8.14. The van der Waals surface area contributed by atoms with E-state index in [2.05, 4.69) is 69.2 Å². The van der Waals surface area contributed by atoms with Crippen molar-refractivity contribution < 1.29 is 144 Å². The van der Waals surface area contributed by atoms with Crippen LogP contribution in [0.3, 0.4) is 0 Å². The molecule has 40 heteroatoms. The zero-order chi connectivity index (χ0) is 101. The number of rotatable bonds is 19. The average molecular weight is 2150 g/mol. The van der Waals surface area contributed by atoms with Gasteiger partial charge < -0.3 is 76.0 Å². The first-order valence-corrected chi connectivity index (χ1v) is 61.4. The summed E-state index contributed by atoms with van der Waals surface area (Å²) in [5, 5.41) is -0.989. The number of ether oxygens (including phenoxy) is 15. The fourth-order valence-electron chi connectivity index (χ4n) is 27.8. The van der Waals surface area contributed by atoms with Gasteiger partial charge in [0.15, 0.2) is 59.5 Å². The molecule has 5 aliphatic carbocycles. The highest BCUT2D eigenvalue weighted by Gasteiger charge is 2.76. The molecule has 5 saturated carbocycles. The van der Waals surface area contributed by atoms with Crippen molar-refractivity contribution in [3.8, 4) is 0 Å². The average Bonchev–Trinajstić information content (AvgIpc) is 1.46. The van der Waals surface area contributed by atoms with E-state index >= 15 is 0 Å². The van der Waals surface area contributed by atoms with Crippen LogP contribution < -0.4 is 0 Å². The van der Waals surface area contributed by atoms with Gasteiger partial charge in [-0.3, -0.25) is 0 Å². The minimum atomic E-state index is -0.769. The van der Waals surface area contributed by atoms with Crippen LogP contribution in [0.15, 0.2) is 0 Å². The molecular weight excluding hydrogens is 1980 g/mol. The minimum Gasteiger partial charge on any atom is -0.446 e. The Kier molecular flexibility index (Phi) is 36.3. The quantitative estimate of drug-likeness (QED) is 0.0502. The van der Waals surface area contributed by atoms with E-state index in [1.54, 1.807) is 29.2 Å². The molecule has 31 nitrogen and oxygen atoms in total. The molecule has 0 aromatic heterocycles. The van der Waals surface area contributed by atoms with Crippen molar-refractivity contribution >= 4 is 133 Å². The van der Waals surface area contributed by atoms with Gasteiger partial charge in [-0.05, 0) is 313 Å². The number of fused-ring (bicyclic) bond motifs is 10. The largest absolute Gasteiger partial charge is 0.446 e. The lowest BCUT2D eigenvalue weighted by Crippen LogP contribution is -2.70. The van der Waals surface area contributed by atoms with Crippen molar-refractivity contribution in [3.63, 3.8) is 0 Å². The Balaban J connectivity index is 0.000000126. The molecule has 0 aromatic rings. The van der Waals surface area contributed by atoms with Gasteiger partial charge in [-0.2, -0.15) is 0 Å². The molecule has 1 amide bonds. The van der Waals surface area contributed by atoms with Crippen LogP contribution in [0.1, 0.15) is 294 Å². The van der Waals surface area contributed by atoms with Crippen molar-refractivity contribution in [2.75, 3.05) is 48.0 Å². The number of carbonyl (C=O) groups excluding carboxylic acids is 5. The van der Waals surface area contributed by atoms with Gasteiger partial charge in [-0.15, -0.1) is 0 Å². The molecule has 10 bridgehead atoms. The van der Waals surface area contributed by atoms with E-state index in [1.807, 2.05) is 90.0 Å². The van der Waals surface area contributed by atoms with Gasteiger partial charge in [0.2, 0.25) is 28.9 Å². The Morgan fingerprint density at radius 3 is 0.771 bits per heavy atom. The normalized spacial score (nSPS) is 47.5. The van der Waals surface area contributed by atoms with E-state index < -0.39 is 88.4 Å². The second-order valence-corrected chi connectivity index (χ2v) is 55.3. The van der Waals surface area contributed by atoms with E-state index in [1.165, 1.54) is 103 Å². The van der Waals surface area contributed by atoms with Crippen LogP contribution in [0.25, 0.3) is 0 Å². The van der Waals surface area contributed by atoms with Crippen LogP contribution in [0.2, 0.25) is 0 Å². The summed E-state index contributed by atoms with van der Waals surface area (Å²) in [4.78, 5) is 121. The molecule has 0 radical (unpaired) electrons. The zero-order valence-electron chi connectivity index (χ0n) is 86.9. The number of thioether (sulfide) groups is 9. The zero-order valence-corrected chi connectivity index (χ0v) is 94.3. The molecule has 40 atom stereocenters. The molecule has 20 heterocycles. The van der Waals surface area contributed by atoms with E-state index in [9.17, 15) is 24.0 Å². The van der Waals surface area contributed by atoms with Gasteiger partial charge in [0.25, 0.3) is 0 Å². The molecule has 0 aromatic carbocycles. The first-order chi connectivity index (χ1) is 66.3. The van der Waals surface area contributed by atoms with Gasteiger partial charge in [0.05, 0.1) is 0 Å². The van der Waals surface area contributed by atoms with Crippen LogP contribution in [-0.4, -0.2) is 213 Å². The van der Waals surface area contributed by atoms with Crippen LogP contribution in [0.4, 0.5) is 24.0 Å². The van der Waals surface area contributed by atoms with E-state index in [0.717, 1.165) is 132 Å². The van der Waals surface area contributed by atoms with Crippen LogP contribution >= 0.6 is 106 Å². The summed E-state index contributed by atoms with van der Waals surface area (Å²) in [6.07, 6.45) is 22.4. The first-order valence-electron chi connectivity index (χ1n) is 51.9. The lowest BCUT2D eigenvalue weighted by molar-refractivity contribution is -0.568. The van der Waals surface area contributed by atoms with Crippen molar-refractivity contribution in [1.82, 2.24) is 4.90 Å². The minimum absolute atomic E-state index is 0.0918. The summed E-state index contributed by atoms with van der Waals surface area (Å²) in [7, 11) is 0. The Bertz CT molecular complexity index is 4120. The van der Waals surface area contributed by atoms with Crippen molar-refractivity contribution in [1.29, 1.82) is 0 Å². The lowest BCUT2D eigenvalue weighted by Gasteiger charge is -2.60. The number of amides is 1. The van der Waals surface area contributed by atoms with Gasteiger partial charge in [0.1, 0.15) is 56.9 Å². The van der Waals surface area contributed by atoms with E-state index in [0.29, 0.717) is 88.8 Å². The molecule has 140 heavy (non-hydrogen) atoms. The molecule has 25 aliphatic rings. The van der Waals surface area contributed by atoms with Crippen LogP contribution in [-0.2, 0) is 120 Å². The van der Waals surface area contributed by atoms with Crippen molar-refractivity contribution in [3.05, 3.63) is 0 Å². The summed E-state index contributed by atoms with van der Waals surface area (Å²) in [6.45, 7) is 48.4. The standard InChI is InChI=1S/C23H39NO6S.C21H34O6S2.C20H32O6S2.2C18H28O6S2/c1-13(2)24(14(3)4)21(25)26-12-31-19-16(6)18-9-8-15(5)17-10-11-22(7)28-20(27-19)23(17,18)30-29-22;1-12-7-8-15-13(2)16(28-11-23-18(22)29-19(3,4)5)24-17-21(15)14(12)9-10-20(6,25-17)26-27-21;1-5-10-27-18(21)22-11-28-16-13(3)15-7-6-12(2)14-8-9-19(4)24-17(23-16)20(14,15)26-25-19;2*1-10-5-6-13-11(2)14(26-9-20-16(19)25-4)21-15-18(13)12(10)7-8-17(3,22-15)23-24-18/h13-20H,8-12H2,1-7H3;12-17H,7-11H2,1-6H3;12-17H,5-11H2,1-4H3;2*10-15H,5-9H2,1-4H3/t15-,16-,17+,18+,19+,20-,22+,23-;12-,13-,14+,15+,16+,17-,20+,21-;12-,13-,14+,15+,16+,17-,19+,20-;2*10-,11-,12+,13+,14+,15-,17+,18-/m11111/s1. The number of carbonyl (C=O) groups is 5. The molecule has 0 unspecified atom stereocenters. The number of nitrogens with zero attached hydrogens (tertiary/aromatic N) is 1. The SMILES string of the molecule is CC(C)N(C(=O)OCS[C@@H]1O[C@@H]2O[C@]3(C)CC[C@H]4[C@H](C)CC[C@@H]([C@H]1C)[C@@]24OO3)C(C)C.CCCSC(=O)OCS[C@@H]1O[C@@H]2O[C@]3(C)CC[C@H]4[C@H](C)CC[C@@H]([C@H]1C)[C@@]24OO3.CSC(=O)OCS[C@@H]1O[C@@H]2O[C@]3(C)CC[C@H]4[C@H](C)CC[C@@H]([C@H]1C)[C@@]24OO3.CSC(=O)OCS[C@@H]1O[C@@H]2O[C@]3(C)CC[C@H]4[C@H](C)CC[C@@H]([C@H]1C)[C@@]24OO3.C[C@H]1[C@H](SCOC(=O)SC(C)(C)C)O[C@@H]2O[C@]3(C)CC[C@H]4[C@H](C)CC[C@@H]1[C@@]24OO3. The fourth-order valence-corrected chi connectivity index (χ4v) is 34.5. The smallest absolute Gasteiger partial charge is 0.411 e. The van der Waals surface area contributed by atoms with Crippen molar-refractivity contribution in [2.24, 2.45) is 118 Å². The summed E-state index contributed by atoms with van der Waals surface area (Å²) in [5.74, 6) is 5.76. The number of hydrogen-bond donors (Lipinski definition) is 0. The van der Waals surface area contributed by atoms with Gasteiger partial charge in [0, 0.05) is 84.3 Å². The Morgan fingerprint density at radius 2 is 0.550 bits per heavy atom. The molecular formula is C100H161NO30S9. The molecule has 20 saturated heterocycles. The summed E-state index contributed by atoms with van der Waals surface area (Å²) < 4.78 is 90.7.